The summed E-state index contributed by atoms with van der Waals surface area (Å²) >= 11 is 0. The molecule has 0 bridgehead atoms. The largest absolute Gasteiger partial charge is 0.323 e. The second-order valence-electron chi connectivity index (χ2n) is 5.51. The monoisotopic (exact) mass is 324 g/mol. The molecule has 1 amide bonds. The van der Waals surface area contributed by atoms with E-state index in [-0.39, 0.29) is 11.7 Å². The first-order valence-electron chi connectivity index (χ1n) is 7.76. The first-order chi connectivity index (χ1) is 11.7. The fourth-order valence-corrected chi connectivity index (χ4v) is 2.70. The minimum atomic E-state index is -1.15. The van der Waals surface area contributed by atoms with Crippen molar-refractivity contribution in [2.24, 2.45) is 10.2 Å². The lowest BCUT2D eigenvalue weighted by Gasteiger charge is -2.30. The molecule has 2 aromatic rings. The van der Waals surface area contributed by atoms with Gasteiger partial charge in [-0.1, -0.05) is 19.1 Å². The first-order valence-corrected chi connectivity index (χ1v) is 7.76. The Balaban J connectivity index is 2.08. The Morgan fingerprint density at radius 3 is 2.54 bits per heavy atom. The lowest BCUT2D eigenvalue weighted by molar-refractivity contribution is -0.122. The smallest absolute Gasteiger partial charge is 0.222 e. The van der Waals surface area contributed by atoms with Gasteiger partial charge in [0.1, 0.15) is 5.82 Å². The highest BCUT2D eigenvalue weighted by Crippen LogP contribution is 2.41. The summed E-state index contributed by atoms with van der Waals surface area (Å²) in [6.45, 7) is 1.93. The first kappa shape index (κ1) is 16.0. The Morgan fingerprint density at radius 2 is 1.88 bits per heavy atom. The van der Waals surface area contributed by atoms with E-state index in [1.807, 2.05) is 19.1 Å². The van der Waals surface area contributed by atoms with E-state index in [9.17, 15) is 9.18 Å². The zero-order valence-electron chi connectivity index (χ0n) is 13.2. The number of hydrogen-bond acceptors (Lipinski definition) is 4. The molecule has 1 atom stereocenters. The summed E-state index contributed by atoms with van der Waals surface area (Å²) in [5.41, 5.74) is 1.07. The molecule has 0 radical (unpaired) electrons. The number of carbonyl (C=O) groups is 1. The molecule has 1 aromatic heterocycles. The third kappa shape index (κ3) is 2.95. The fraction of sp³-hybridized carbons (Fsp3) is 0.222. The van der Waals surface area contributed by atoms with Gasteiger partial charge < -0.3 is 5.32 Å². The lowest BCUT2D eigenvalue weighted by atomic mass is 9.88. The molecule has 1 unspecified atom stereocenters. The molecule has 0 aliphatic carbocycles. The summed E-state index contributed by atoms with van der Waals surface area (Å²) < 4.78 is 13.3. The van der Waals surface area contributed by atoms with Gasteiger partial charge in [0.2, 0.25) is 11.6 Å². The zero-order chi connectivity index (χ0) is 17.0. The minimum absolute atomic E-state index is 0.136. The van der Waals surface area contributed by atoms with Crippen LogP contribution in [0.15, 0.2) is 65.2 Å². The van der Waals surface area contributed by atoms with Crippen LogP contribution in [0.3, 0.4) is 0 Å². The lowest BCUT2D eigenvalue weighted by Crippen LogP contribution is -2.44. The highest BCUT2D eigenvalue weighted by Gasteiger charge is 2.41. The van der Waals surface area contributed by atoms with Gasteiger partial charge in [0, 0.05) is 30.0 Å². The van der Waals surface area contributed by atoms with Crippen LogP contribution in [0.25, 0.3) is 5.57 Å². The number of pyridine rings is 1. The summed E-state index contributed by atoms with van der Waals surface area (Å²) in [6, 6.07) is 9.57. The van der Waals surface area contributed by atoms with Crippen molar-refractivity contribution in [3.8, 4) is 0 Å². The quantitative estimate of drug-likeness (QED) is 0.909. The van der Waals surface area contributed by atoms with Crippen molar-refractivity contribution < 1.29 is 9.18 Å². The maximum absolute atomic E-state index is 13.3. The molecule has 0 saturated carbocycles. The van der Waals surface area contributed by atoms with Crippen molar-refractivity contribution in [2.75, 3.05) is 0 Å². The molecule has 24 heavy (non-hydrogen) atoms. The van der Waals surface area contributed by atoms with Crippen LogP contribution in [0.5, 0.6) is 0 Å². The van der Waals surface area contributed by atoms with Crippen LogP contribution in [0, 0.1) is 5.82 Å². The predicted octanol–water partition coefficient (Wildman–Crippen LogP) is 3.80. The molecule has 6 heteroatoms. The van der Waals surface area contributed by atoms with E-state index in [1.54, 1.807) is 30.7 Å². The SMILES string of the molecule is CCCC(=O)NC1(c2ccc(F)cc2)N=NC=C1c1ccncc1. The van der Waals surface area contributed by atoms with E-state index in [0.717, 1.165) is 17.6 Å². The average molecular weight is 324 g/mol. The van der Waals surface area contributed by atoms with Gasteiger partial charge >= 0.3 is 0 Å². The molecule has 0 fully saturated rings. The number of azo groups is 1. The highest BCUT2D eigenvalue weighted by atomic mass is 19.1. The number of benzene rings is 1. The molecule has 3 rings (SSSR count). The van der Waals surface area contributed by atoms with Crippen LogP contribution in [-0.4, -0.2) is 10.9 Å². The standard InChI is InChI=1S/C18H17FN4O/c1-2-3-17(24)22-18(14-4-6-15(19)7-5-14)16(12-21-23-18)13-8-10-20-11-9-13/h4-12H,2-3H2,1H3,(H,22,24). The summed E-state index contributed by atoms with van der Waals surface area (Å²) in [7, 11) is 0. The van der Waals surface area contributed by atoms with E-state index in [0.29, 0.717) is 12.0 Å². The van der Waals surface area contributed by atoms with Crippen LogP contribution >= 0.6 is 0 Å². The number of amides is 1. The summed E-state index contributed by atoms with van der Waals surface area (Å²) in [6.07, 6.45) is 6.04. The fourth-order valence-electron chi connectivity index (χ4n) is 2.70. The van der Waals surface area contributed by atoms with Crippen molar-refractivity contribution in [1.29, 1.82) is 0 Å². The van der Waals surface area contributed by atoms with Gasteiger partial charge in [-0.15, -0.1) is 0 Å². The van der Waals surface area contributed by atoms with Crippen LogP contribution in [0.2, 0.25) is 0 Å². The maximum Gasteiger partial charge on any atom is 0.222 e. The second-order valence-corrected chi connectivity index (χ2v) is 5.51. The number of nitrogens with one attached hydrogen (secondary N) is 1. The summed E-state index contributed by atoms with van der Waals surface area (Å²) in [5, 5.41) is 11.3. The Bertz CT molecular complexity index is 786. The maximum atomic E-state index is 13.3. The molecule has 5 nitrogen and oxygen atoms in total. The number of hydrogen-bond donors (Lipinski definition) is 1. The third-order valence-electron chi connectivity index (χ3n) is 3.84. The van der Waals surface area contributed by atoms with Crippen LogP contribution in [0.1, 0.15) is 30.9 Å². The molecular weight excluding hydrogens is 307 g/mol. The van der Waals surface area contributed by atoms with E-state index < -0.39 is 5.66 Å². The molecular formula is C18H17FN4O. The minimum Gasteiger partial charge on any atom is -0.323 e. The Morgan fingerprint density at radius 1 is 1.17 bits per heavy atom. The Hall–Kier alpha value is -2.89. The molecule has 0 saturated heterocycles. The number of halogens is 1. The average Bonchev–Trinajstić information content (AvgIpc) is 3.01. The van der Waals surface area contributed by atoms with Gasteiger partial charge in [0.05, 0.1) is 6.20 Å². The summed E-state index contributed by atoms with van der Waals surface area (Å²) in [4.78, 5) is 16.3. The molecule has 2 heterocycles. The molecule has 1 aliphatic heterocycles. The van der Waals surface area contributed by atoms with E-state index in [1.165, 1.54) is 12.1 Å². The van der Waals surface area contributed by atoms with Crippen molar-refractivity contribution in [2.45, 2.75) is 25.4 Å². The van der Waals surface area contributed by atoms with Gasteiger partial charge in [-0.2, -0.15) is 10.2 Å². The van der Waals surface area contributed by atoms with Crippen LogP contribution < -0.4 is 5.32 Å². The molecule has 1 N–H and O–H groups in total. The zero-order valence-corrected chi connectivity index (χ0v) is 13.2. The topological polar surface area (TPSA) is 66.7 Å². The summed E-state index contributed by atoms with van der Waals surface area (Å²) in [5.74, 6) is -0.485. The second kappa shape index (κ2) is 6.70. The number of rotatable bonds is 5. The van der Waals surface area contributed by atoms with E-state index in [2.05, 4.69) is 20.5 Å². The Kier molecular flexibility index (Phi) is 4.46. The van der Waals surface area contributed by atoms with Crippen LogP contribution in [-0.2, 0) is 10.5 Å². The van der Waals surface area contributed by atoms with Gasteiger partial charge in [-0.25, -0.2) is 4.39 Å². The van der Waals surface area contributed by atoms with E-state index in [4.69, 9.17) is 0 Å². The van der Waals surface area contributed by atoms with Gasteiger partial charge in [0.25, 0.3) is 0 Å². The number of aromatic nitrogens is 1. The van der Waals surface area contributed by atoms with Gasteiger partial charge in [0.15, 0.2) is 0 Å². The number of carbonyl (C=O) groups excluding carboxylic acids is 1. The van der Waals surface area contributed by atoms with Crippen molar-refractivity contribution >= 4 is 11.5 Å². The van der Waals surface area contributed by atoms with Gasteiger partial charge in [-0.05, 0) is 36.2 Å². The van der Waals surface area contributed by atoms with Crippen molar-refractivity contribution in [3.05, 3.63) is 71.9 Å². The third-order valence-corrected chi connectivity index (χ3v) is 3.84. The molecule has 122 valence electrons. The van der Waals surface area contributed by atoms with E-state index >= 15 is 0 Å². The van der Waals surface area contributed by atoms with Gasteiger partial charge in [-0.3, -0.25) is 9.78 Å². The normalized spacial score (nSPS) is 19.2. The van der Waals surface area contributed by atoms with Crippen molar-refractivity contribution in [3.63, 3.8) is 0 Å². The predicted molar refractivity (Wildman–Crippen MR) is 88.2 cm³/mol. The molecule has 1 aliphatic rings. The van der Waals surface area contributed by atoms with Crippen LogP contribution in [0.4, 0.5) is 4.39 Å². The van der Waals surface area contributed by atoms with Crippen molar-refractivity contribution in [1.82, 2.24) is 10.3 Å². The highest BCUT2D eigenvalue weighted by molar-refractivity contribution is 5.84. The molecule has 1 aromatic carbocycles. The Labute approximate surface area is 139 Å². The molecule has 0 spiro atoms. The number of nitrogens with zero attached hydrogens (tertiary/aromatic N) is 3.